The third-order valence-corrected chi connectivity index (χ3v) is 14.9. The molecule has 3 aromatic rings. The van der Waals surface area contributed by atoms with Crippen molar-refractivity contribution in [2.75, 3.05) is 44.7 Å². The van der Waals surface area contributed by atoms with Gasteiger partial charge in [-0.1, -0.05) is 45.0 Å². The Balaban J connectivity index is 1.35. The van der Waals surface area contributed by atoms with E-state index < -0.39 is 14.5 Å². The number of ether oxygens (including phenoxy) is 1. The zero-order chi connectivity index (χ0) is 31.2. The van der Waals surface area contributed by atoms with Gasteiger partial charge in [-0.15, -0.1) is 0 Å². The van der Waals surface area contributed by atoms with Gasteiger partial charge in [0.25, 0.3) is 0 Å². The van der Waals surface area contributed by atoms with Gasteiger partial charge in [0.1, 0.15) is 24.3 Å². The first-order chi connectivity index (χ1) is 20.9. The first-order valence-electron chi connectivity index (χ1n) is 16.5. The predicted molar refractivity (Wildman–Crippen MR) is 180 cm³/mol. The Morgan fingerprint density at radius 2 is 1.93 bits per heavy atom. The first-order valence-corrected chi connectivity index (χ1v) is 19.4. The number of likely N-dealkylation sites (tertiary alicyclic amines) is 1. The number of rotatable bonds is 7. The number of benzene rings is 2. The fourth-order valence-electron chi connectivity index (χ4n) is 6.83. The van der Waals surface area contributed by atoms with Crippen molar-refractivity contribution >= 4 is 24.9 Å². The Morgan fingerprint density at radius 1 is 1.14 bits per heavy atom. The van der Waals surface area contributed by atoms with Gasteiger partial charge < -0.3 is 19.4 Å². The van der Waals surface area contributed by atoms with Gasteiger partial charge >= 0.3 is 6.01 Å². The van der Waals surface area contributed by atoms with E-state index in [0.29, 0.717) is 37.5 Å². The van der Waals surface area contributed by atoms with Gasteiger partial charge in [-0.3, -0.25) is 4.90 Å². The SMILES string of the molecule is C[C@H]1CNCCN1c1nc(OC[C@@H]2C[C@@H](F)CN2C)nc2c1CCC(c1cc(O[Si](C)(C)C(C)(C)C)cc3ccccc13)C2. The molecule has 0 amide bonds. The normalized spacial score (nSPS) is 24.9. The molecule has 1 aromatic heterocycles. The highest BCUT2D eigenvalue weighted by Crippen LogP contribution is 2.43. The Labute approximate surface area is 263 Å². The van der Waals surface area contributed by atoms with Crippen molar-refractivity contribution in [3.05, 3.63) is 53.2 Å². The van der Waals surface area contributed by atoms with Crippen molar-refractivity contribution in [2.45, 2.75) is 95.7 Å². The van der Waals surface area contributed by atoms with E-state index >= 15 is 0 Å². The quantitative estimate of drug-likeness (QED) is 0.303. The zero-order valence-corrected chi connectivity index (χ0v) is 28.6. The van der Waals surface area contributed by atoms with Crippen LogP contribution in [0.4, 0.5) is 10.2 Å². The van der Waals surface area contributed by atoms with Gasteiger partial charge in [-0.2, -0.15) is 9.97 Å². The maximum absolute atomic E-state index is 14.1. The lowest BCUT2D eigenvalue weighted by atomic mass is 9.80. The number of nitrogens with zero attached hydrogens (tertiary/aromatic N) is 4. The molecule has 9 heteroatoms. The number of hydrogen-bond donors (Lipinski definition) is 1. The summed E-state index contributed by atoms with van der Waals surface area (Å²) in [6.07, 6.45) is 2.46. The molecule has 1 unspecified atom stereocenters. The molecule has 0 bridgehead atoms. The molecule has 1 N–H and O–H groups in total. The number of aromatic nitrogens is 2. The van der Waals surface area contributed by atoms with Crippen LogP contribution in [0.15, 0.2) is 36.4 Å². The largest absolute Gasteiger partial charge is 0.543 e. The summed E-state index contributed by atoms with van der Waals surface area (Å²) in [5.41, 5.74) is 3.67. The lowest BCUT2D eigenvalue weighted by Gasteiger charge is -2.38. The average Bonchev–Trinajstić information content (AvgIpc) is 3.30. The molecule has 4 atom stereocenters. The van der Waals surface area contributed by atoms with Gasteiger partial charge in [-0.25, -0.2) is 4.39 Å². The number of hydrogen-bond acceptors (Lipinski definition) is 7. The average molecular weight is 620 g/mol. The second-order valence-corrected chi connectivity index (χ2v) is 19.5. The van der Waals surface area contributed by atoms with Gasteiger partial charge in [0, 0.05) is 43.8 Å². The van der Waals surface area contributed by atoms with E-state index in [1.54, 1.807) is 0 Å². The van der Waals surface area contributed by atoms with E-state index in [9.17, 15) is 4.39 Å². The summed E-state index contributed by atoms with van der Waals surface area (Å²) in [7, 11) is -0.0432. The number of nitrogens with one attached hydrogen (secondary N) is 1. The first kappa shape index (κ1) is 31.2. The van der Waals surface area contributed by atoms with E-state index in [0.717, 1.165) is 56.2 Å². The van der Waals surface area contributed by atoms with E-state index in [2.05, 4.69) is 87.4 Å². The molecule has 44 heavy (non-hydrogen) atoms. The highest BCUT2D eigenvalue weighted by atomic mass is 28.4. The van der Waals surface area contributed by atoms with E-state index in [1.807, 2.05) is 11.9 Å². The van der Waals surface area contributed by atoms with Crippen LogP contribution < -0.4 is 19.4 Å². The molecule has 1 aliphatic carbocycles. The highest BCUT2D eigenvalue weighted by molar-refractivity contribution is 6.74. The molecule has 2 aromatic carbocycles. The smallest absolute Gasteiger partial charge is 0.318 e. The Morgan fingerprint density at radius 3 is 2.66 bits per heavy atom. The molecular formula is C35H50FN5O2Si. The third kappa shape index (κ3) is 6.33. The summed E-state index contributed by atoms with van der Waals surface area (Å²) < 4.78 is 27.2. The topological polar surface area (TPSA) is 62.8 Å². The summed E-state index contributed by atoms with van der Waals surface area (Å²) >= 11 is 0. The second-order valence-electron chi connectivity index (χ2n) is 14.8. The molecule has 2 saturated heterocycles. The van der Waals surface area contributed by atoms with Gasteiger partial charge in [0.05, 0.1) is 5.69 Å². The van der Waals surface area contributed by atoms with Crippen LogP contribution in [0.3, 0.4) is 0 Å². The van der Waals surface area contributed by atoms with E-state index in [-0.39, 0.29) is 11.1 Å². The molecular weight excluding hydrogens is 570 g/mol. The number of fused-ring (bicyclic) bond motifs is 2. The van der Waals surface area contributed by atoms with Crippen molar-refractivity contribution in [3.8, 4) is 11.8 Å². The van der Waals surface area contributed by atoms with Crippen molar-refractivity contribution in [1.29, 1.82) is 0 Å². The number of likely N-dealkylation sites (N-methyl/N-ethyl adjacent to an activating group) is 1. The minimum atomic E-state index is -2.01. The van der Waals surface area contributed by atoms with Gasteiger partial charge in [-0.05, 0) is 92.2 Å². The number of piperazine rings is 1. The zero-order valence-electron chi connectivity index (χ0n) is 27.6. The van der Waals surface area contributed by atoms with Crippen LogP contribution in [-0.4, -0.2) is 81.3 Å². The molecule has 2 aliphatic heterocycles. The van der Waals surface area contributed by atoms with Crippen LogP contribution in [-0.2, 0) is 12.8 Å². The molecule has 0 spiro atoms. The molecule has 238 valence electrons. The minimum Gasteiger partial charge on any atom is -0.543 e. The third-order valence-electron chi connectivity index (χ3n) is 10.5. The Kier molecular flexibility index (Phi) is 8.67. The monoisotopic (exact) mass is 619 g/mol. The fraction of sp³-hybridized carbons (Fsp3) is 0.600. The number of halogens is 1. The van der Waals surface area contributed by atoms with Crippen LogP contribution in [0.25, 0.3) is 10.8 Å². The molecule has 6 rings (SSSR count). The summed E-state index contributed by atoms with van der Waals surface area (Å²) in [6.45, 7) is 17.3. The molecule has 0 radical (unpaired) electrons. The van der Waals surface area contributed by atoms with Crippen LogP contribution >= 0.6 is 0 Å². The Hall–Kier alpha value is -2.75. The number of alkyl halides is 1. The lowest BCUT2D eigenvalue weighted by Crippen LogP contribution is -2.50. The molecule has 0 saturated carbocycles. The predicted octanol–water partition coefficient (Wildman–Crippen LogP) is 6.51. The summed E-state index contributed by atoms with van der Waals surface area (Å²) in [5, 5.41) is 6.13. The van der Waals surface area contributed by atoms with Gasteiger partial charge in [0.2, 0.25) is 8.32 Å². The molecule has 3 aliphatic rings. The summed E-state index contributed by atoms with van der Waals surface area (Å²) in [5.74, 6) is 2.30. The van der Waals surface area contributed by atoms with Crippen molar-refractivity contribution < 1.29 is 13.6 Å². The van der Waals surface area contributed by atoms with Crippen LogP contribution in [0.2, 0.25) is 18.1 Å². The maximum atomic E-state index is 14.1. The maximum Gasteiger partial charge on any atom is 0.318 e. The van der Waals surface area contributed by atoms with Crippen LogP contribution in [0.1, 0.15) is 63.3 Å². The lowest BCUT2D eigenvalue weighted by molar-refractivity contribution is 0.187. The van der Waals surface area contributed by atoms with E-state index in [4.69, 9.17) is 19.1 Å². The molecule has 3 heterocycles. The van der Waals surface area contributed by atoms with Crippen LogP contribution in [0, 0.1) is 0 Å². The fourth-order valence-corrected chi connectivity index (χ4v) is 7.84. The van der Waals surface area contributed by atoms with E-state index in [1.165, 1.54) is 21.9 Å². The minimum absolute atomic E-state index is 0.0361. The van der Waals surface area contributed by atoms with Crippen molar-refractivity contribution in [2.24, 2.45) is 0 Å². The van der Waals surface area contributed by atoms with Crippen molar-refractivity contribution in [3.63, 3.8) is 0 Å². The standard InChI is InChI=1S/C35H50FN5O2Si/c1-23-20-37-14-15-41(23)33-30-13-12-25(17-32(30)38-34(39-33)42-22-27-18-26(36)21-40(27)5)31-19-28(43-44(6,7)35(2,3)4)16-24-10-8-9-11-29(24)31/h8-11,16,19,23,25-27,37H,12-15,17-18,20-22H2,1-7H3/t23-,25?,26+,27-/m0/s1. The Bertz CT molecular complexity index is 1490. The second kappa shape index (κ2) is 12.2. The van der Waals surface area contributed by atoms with Gasteiger partial charge in [0.15, 0.2) is 0 Å². The number of anilines is 1. The van der Waals surface area contributed by atoms with Crippen molar-refractivity contribution in [1.82, 2.24) is 20.2 Å². The van der Waals surface area contributed by atoms with Crippen LogP contribution in [0.5, 0.6) is 11.8 Å². The molecule has 7 nitrogen and oxygen atoms in total. The summed E-state index contributed by atoms with van der Waals surface area (Å²) in [6, 6.07) is 14.0. The molecule has 2 fully saturated rings. The summed E-state index contributed by atoms with van der Waals surface area (Å²) in [4.78, 5) is 14.6. The highest BCUT2D eigenvalue weighted by Gasteiger charge is 2.39.